The van der Waals surface area contributed by atoms with Gasteiger partial charge in [-0.3, -0.25) is 9.69 Å². The molecule has 0 spiro atoms. The van der Waals surface area contributed by atoms with E-state index in [1.165, 1.54) is 12.8 Å². The highest BCUT2D eigenvalue weighted by Crippen LogP contribution is 2.27. The van der Waals surface area contributed by atoms with Crippen LogP contribution in [0, 0.1) is 5.92 Å². The van der Waals surface area contributed by atoms with Gasteiger partial charge in [0.2, 0.25) is 5.91 Å². The largest absolute Gasteiger partial charge is 0.396 e. The fourth-order valence-corrected chi connectivity index (χ4v) is 3.49. The van der Waals surface area contributed by atoms with Gasteiger partial charge in [-0.15, -0.1) is 0 Å². The topological polar surface area (TPSA) is 43.8 Å². The number of aliphatic hydroxyl groups excluding tert-OH is 1. The van der Waals surface area contributed by atoms with E-state index in [2.05, 4.69) is 16.7 Å². The van der Waals surface area contributed by atoms with Crippen molar-refractivity contribution in [3.8, 4) is 0 Å². The second-order valence-corrected chi connectivity index (χ2v) is 6.00. The number of carbonyl (C=O) groups is 1. The molecule has 2 rings (SSSR count). The quantitative estimate of drug-likeness (QED) is 0.820. The summed E-state index contributed by atoms with van der Waals surface area (Å²) in [5, 5.41) is 9.17. The second kappa shape index (κ2) is 6.02. The van der Waals surface area contributed by atoms with E-state index in [0.29, 0.717) is 18.4 Å². The van der Waals surface area contributed by atoms with E-state index in [0.717, 1.165) is 25.9 Å². The highest BCUT2D eigenvalue weighted by Gasteiger charge is 2.36. The molecule has 1 saturated carbocycles. The molecular formula is C14H26N2O2. The van der Waals surface area contributed by atoms with Gasteiger partial charge in [0.15, 0.2) is 0 Å². The molecule has 1 saturated heterocycles. The van der Waals surface area contributed by atoms with Gasteiger partial charge >= 0.3 is 0 Å². The van der Waals surface area contributed by atoms with Crippen molar-refractivity contribution in [2.45, 2.75) is 51.1 Å². The lowest BCUT2D eigenvalue weighted by molar-refractivity contribution is -0.137. The standard InChI is InChI=1S/C14H26N2O2/c1-11-9-15(2)13(7-8-17)14(18)16(10-11)12-5-3-4-6-12/h11-13,17H,3-10H2,1-2H3. The molecule has 0 aromatic rings. The van der Waals surface area contributed by atoms with Crippen LogP contribution < -0.4 is 0 Å². The van der Waals surface area contributed by atoms with E-state index in [-0.39, 0.29) is 18.6 Å². The number of carbonyl (C=O) groups excluding carboxylic acids is 1. The van der Waals surface area contributed by atoms with Crippen LogP contribution in [0.3, 0.4) is 0 Å². The van der Waals surface area contributed by atoms with E-state index < -0.39 is 0 Å². The van der Waals surface area contributed by atoms with Crippen molar-refractivity contribution in [2.75, 3.05) is 26.7 Å². The number of amides is 1. The molecule has 1 aliphatic heterocycles. The molecule has 4 heteroatoms. The summed E-state index contributed by atoms with van der Waals surface area (Å²) in [6.45, 7) is 4.14. The Kier molecular flexibility index (Phi) is 4.62. The van der Waals surface area contributed by atoms with Crippen LogP contribution in [0.5, 0.6) is 0 Å². The Hall–Kier alpha value is -0.610. The maximum absolute atomic E-state index is 12.7. The summed E-state index contributed by atoms with van der Waals surface area (Å²) in [4.78, 5) is 16.9. The number of hydrogen-bond donors (Lipinski definition) is 1. The van der Waals surface area contributed by atoms with Gasteiger partial charge < -0.3 is 10.0 Å². The summed E-state index contributed by atoms with van der Waals surface area (Å²) in [5.74, 6) is 0.756. The monoisotopic (exact) mass is 254 g/mol. The third-order valence-electron chi connectivity index (χ3n) is 4.38. The summed E-state index contributed by atoms with van der Waals surface area (Å²) in [6, 6.07) is 0.327. The first-order valence-electron chi connectivity index (χ1n) is 7.25. The number of rotatable bonds is 3. The fraction of sp³-hybridized carbons (Fsp3) is 0.929. The molecule has 4 nitrogen and oxygen atoms in total. The maximum Gasteiger partial charge on any atom is 0.240 e. The molecule has 2 atom stereocenters. The van der Waals surface area contributed by atoms with Crippen LogP contribution in [0.4, 0.5) is 0 Å². The Morgan fingerprint density at radius 3 is 2.56 bits per heavy atom. The van der Waals surface area contributed by atoms with Gasteiger partial charge in [0.1, 0.15) is 0 Å². The third kappa shape index (κ3) is 2.86. The van der Waals surface area contributed by atoms with Gasteiger partial charge in [-0.25, -0.2) is 0 Å². The first-order chi connectivity index (χ1) is 8.63. The Morgan fingerprint density at radius 1 is 1.28 bits per heavy atom. The zero-order valence-corrected chi connectivity index (χ0v) is 11.6. The van der Waals surface area contributed by atoms with Gasteiger partial charge in [-0.2, -0.15) is 0 Å². The van der Waals surface area contributed by atoms with E-state index in [9.17, 15) is 4.79 Å². The highest BCUT2D eigenvalue weighted by atomic mass is 16.3. The zero-order valence-electron chi connectivity index (χ0n) is 11.6. The van der Waals surface area contributed by atoms with Crippen LogP contribution in [0.1, 0.15) is 39.0 Å². The van der Waals surface area contributed by atoms with Gasteiger partial charge in [0.25, 0.3) is 0 Å². The third-order valence-corrected chi connectivity index (χ3v) is 4.38. The number of hydrogen-bond acceptors (Lipinski definition) is 3. The minimum absolute atomic E-state index is 0.0909. The predicted molar refractivity (Wildman–Crippen MR) is 71.3 cm³/mol. The normalized spacial score (nSPS) is 31.9. The lowest BCUT2D eigenvalue weighted by atomic mass is 10.1. The minimum atomic E-state index is -0.124. The molecule has 1 amide bonds. The fourth-order valence-electron chi connectivity index (χ4n) is 3.49. The molecule has 0 aromatic carbocycles. The van der Waals surface area contributed by atoms with Gasteiger partial charge in [-0.05, 0) is 32.2 Å². The van der Waals surface area contributed by atoms with Crippen molar-refractivity contribution in [3.63, 3.8) is 0 Å². The van der Waals surface area contributed by atoms with E-state index in [1.807, 2.05) is 7.05 Å². The van der Waals surface area contributed by atoms with Crippen LogP contribution in [-0.4, -0.2) is 59.6 Å². The summed E-state index contributed by atoms with van der Waals surface area (Å²) in [6.07, 6.45) is 5.39. The summed E-state index contributed by atoms with van der Waals surface area (Å²) < 4.78 is 0. The molecule has 0 bridgehead atoms. The molecular weight excluding hydrogens is 228 g/mol. The van der Waals surface area contributed by atoms with E-state index in [4.69, 9.17) is 5.11 Å². The first-order valence-corrected chi connectivity index (χ1v) is 7.25. The van der Waals surface area contributed by atoms with Crippen LogP contribution in [0.25, 0.3) is 0 Å². The number of aliphatic hydroxyl groups is 1. The lowest BCUT2D eigenvalue weighted by Gasteiger charge is -2.32. The molecule has 0 aromatic heterocycles. The average Bonchev–Trinajstić information content (AvgIpc) is 2.82. The van der Waals surface area contributed by atoms with Gasteiger partial charge in [-0.1, -0.05) is 19.8 Å². The van der Waals surface area contributed by atoms with Crippen molar-refractivity contribution in [1.82, 2.24) is 9.80 Å². The molecule has 18 heavy (non-hydrogen) atoms. The van der Waals surface area contributed by atoms with E-state index >= 15 is 0 Å². The second-order valence-electron chi connectivity index (χ2n) is 6.00. The van der Waals surface area contributed by atoms with Crippen molar-refractivity contribution in [2.24, 2.45) is 5.92 Å². The molecule has 0 radical (unpaired) electrons. The molecule has 1 N–H and O–H groups in total. The minimum Gasteiger partial charge on any atom is -0.396 e. The zero-order chi connectivity index (χ0) is 13.1. The van der Waals surface area contributed by atoms with Crippen molar-refractivity contribution in [3.05, 3.63) is 0 Å². The van der Waals surface area contributed by atoms with Crippen LogP contribution in [-0.2, 0) is 4.79 Å². The predicted octanol–water partition coefficient (Wildman–Crippen LogP) is 1.09. The Morgan fingerprint density at radius 2 is 1.94 bits per heavy atom. The molecule has 1 heterocycles. The molecule has 104 valence electrons. The van der Waals surface area contributed by atoms with Crippen LogP contribution in [0.15, 0.2) is 0 Å². The van der Waals surface area contributed by atoms with Gasteiger partial charge in [0, 0.05) is 25.7 Å². The Bertz CT molecular complexity index is 290. The Balaban J connectivity index is 2.14. The number of likely N-dealkylation sites (N-methyl/N-ethyl adjacent to an activating group) is 1. The van der Waals surface area contributed by atoms with Crippen molar-refractivity contribution in [1.29, 1.82) is 0 Å². The molecule has 1 aliphatic carbocycles. The average molecular weight is 254 g/mol. The molecule has 2 fully saturated rings. The van der Waals surface area contributed by atoms with Crippen molar-refractivity contribution >= 4 is 5.91 Å². The smallest absolute Gasteiger partial charge is 0.240 e. The summed E-state index contributed by atoms with van der Waals surface area (Å²) >= 11 is 0. The summed E-state index contributed by atoms with van der Waals surface area (Å²) in [7, 11) is 2.01. The highest BCUT2D eigenvalue weighted by molar-refractivity contribution is 5.82. The van der Waals surface area contributed by atoms with Crippen LogP contribution >= 0.6 is 0 Å². The molecule has 2 aliphatic rings. The van der Waals surface area contributed by atoms with Crippen LogP contribution in [0.2, 0.25) is 0 Å². The SMILES string of the molecule is CC1CN(C)C(CCO)C(=O)N(C2CCCC2)C1. The van der Waals surface area contributed by atoms with E-state index in [1.54, 1.807) is 0 Å². The first kappa shape index (κ1) is 13.8. The summed E-state index contributed by atoms with van der Waals surface area (Å²) in [5.41, 5.74) is 0. The van der Waals surface area contributed by atoms with Crippen molar-refractivity contribution < 1.29 is 9.90 Å². The maximum atomic E-state index is 12.7. The van der Waals surface area contributed by atoms with Gasteiger partial charge in [0.05, 0.1) is 6.04 Å². The Labute approximate surface area is 110 Å². The number of nitrogens with zero attached hydrogens (tertiary/aromatic N) is 2. The lowest BCUT2D eigenvalue weighted by Crippen LogP contribution is -2.48. The molecule has 2 unspecified atom stereocenters.